The quantitative estimate of drug-likeness (QED) is 0.803. The zero-order valence-corrected chi connectivity index (χ0v) is 9.48. The van der Waals surface area contributed by atoms with Gasteiger partial charge in [-0.15, -0.1) is 0 Å². The number of rotatable bonds is 6. The van der Waals surface area contributed by atoms with Crippen LogP contribution in [-0.4, -0.2) is 29.1 Å². The average molecular weight is 223 g/mol. The Morgan fingerprint density at radius 2 is 2.38 bits per heavy atom. The van der Waals surface area contributed by atoms with Crippen LogP contribution in [0.15, 0.2) is 16.7 Å². The minimum atomic E-state index is -0.911. The number of hydrogen-bond acceptors (Lipinski definition) is 3. The molecule has 88 valence electrons. The van der Waals surface area contributed by atoms with Crippen molar-refractivity contribution in [1.29, 1.82) is 0 Å². The van der Waals surface area contributed by atoms with Crippen LogP contribution in [0, 0.1) is 5.92 Å². The number of carboxylic acid groups (broad SMARTS) is 1. The maximum atomic E-state index is 10.9. The molecule has 1 heterocycles. The largest absolute Gasteiger partial charge is 0.478 e. The van der Waals surface area contributed by atoms with E-state index in [-0.39, 0.29) is 5.56 Å². The number of carboxylic acids is 1. The first-order valence-corrected chi connectivity index (χ1v) is 5.72. The second-order valence-electron chi connectivity index (χ2n) is 4.33. The van der Waals surface area contributed by atoms with Crippen LogP contribution >= 0.6 is 0 Å². The molecule has 0 unspecified atom stereocenters. The maximum absolute atomic E-state index is 10.9. The van der Waals surface area contributed by atoms with Crippen molar-refractivity contribution in [3.05, 3.63) is 23.7 Å². The lowest BCUT2D eigenvalue weighted by Gasteiger charge is -2.18. The maximum Gasteiger partial charge on any atom is 0.339 e. The van der Waals surface area contributed by atoms with E-state index in [1.165, 1.54) is 25.2 Å². The van der Waals surface area contributed by atoms with Gasteiger partial charge in [-0.2, -0.15) is 0 Å². The van der Waals surface area contributed by atoms with Crippen molar-refractivity contribution in [1.82, 2.24) is 4.90 Å². The summed E-state index contributed by atoms with van der Waals surface area (Å²) in [6.45, 7) is 4.67. The minimum absolute atomic E-state index is 0.286. The highest BCUT2D eigenvalue weighted by Gasteiger charge is 2.25. The predicted octanol–water partition coefficient (Wildman–Crippen LogP) is 2.21. The summed E-state index contributed by atoms with van der Waals surface area (Å²) in [7, 11) is 0. The Morgan fingerprint density at radius 3 is 2.94 bits per heavy atom. The Balaban J connectivity index is 1.99. The van der Waals surface area contributed by atoms with Gasteiger partial charge in [0.1, 0.15) is 11.3 Å². The molecule has 0 spiro atoms. The van der Waals surface area contributed by atoms with Crippen molar-refractivity contribution in [3.63, 3.8) is 0 Å². The summed E-state index contributed by atoms with van der Waals surface area (Å²) in [5.41, 5.74) is 0.286. The Morgan fingerprint density at radius 1 is 1.62 bits per heavy atom. The lowest BCUT2D eigenvalue weighted by Crippen LogP contribution is -2.25. The van der Waals surface area contributed by atoms with E-state index in [1.807, 2.05) is 0 Å². The molecule has 1 saturated carbocycles. The van der Waals surface area contributed by atoms with E-state index in [9.17, 15) is 4.79 Å². The molecule has 1 aliphatic carbocycles. The third-order valence-electron chi connectivity index (χ3n) is 3.00. The first-order chi connectivity index (χ1) is 7.70. The van der Waals surface area contributed by atoms with E-state index >= 15 is 0 Å². The Labute approximate surface area is 94.9 Å². The standard InChI is InChI=1S/C12H17NO3/c1-2-13(7-9-3-4-9)8-11-10(12(14)15)5-6-16-11/h5-6,9H,2-4,7-8H2,1H3,(H,14,15). The average Bonchev–Trinajstić information content (AvgIpc) is 2.93. The van der Waals surface area contributed by atoms with E-state index in [2.05, 4.69) is 11.8 Å². The minimum Gasteiger partial charge on any atom is -0.478 e. The number of carbonyl (C=O) groups is 1. The summed E-state index contributed by atoms with van der Waals surface area (Å²) in [4.78, 5) is 13.1. The third kappa shape index (κ3) is 2.64. The molecule has 0 aliphatic heterocycles. The van der Waals surface area contributed by atoms with Crippen LogP contribution in [0.25, 0.3) is 0 Å². The molecule has 2 rings (SSSR count). The van der Waals surface area contributed by atoms with Gasteiger partial charge in [0.05, 0.1) is 12.8 Å². The SMILES string of the molecule is CCN(Cc1occc1C(=O)O)CC1CC1. The highest BCUT2D eigenvalue weighted by atomic mass is 16.4. The van der Waals surface area contributed by atoms with Gasteiger partial charge in [-0.3, -0.25) is 4.90 Å². The third-order valence-corrected chi connectivity index (χ3v) is 3.00. The molecule has 0 atom stereocenters. The van der Waals surface area contributed by atoms with Crippen LogP contribution in [0.4, 0.5) is 0 Å². The van der Waals surface area contributed by atoms with Gasteiger partial charge in [0.25, 0.3) is 0 Å². The van der Waals surface area contributed by atoms with E-state index in [1.54, 1.807) is 0 Å². The van der Waals surface area contributed by atoms with E-state index in [4.69, 9.17) is 9.52 Å². The zero-order valence-electron chi connectivity index (χ0n) is 9.48. The summed E-state index contributed by atoms with van der Waals surface area (Å²) in [6, 6.07) is 1.52. The number of nitrogens with zero attached hydrogens (tertiary/aromatic N) is 1. The van der Waals surface area contributed by atoms with Crippen molar-refractivity contribution in [2.45, 2.75) is 26.3 Å². The van der Waals surface area contributed by atoms with Crippen LogP contribution < -0.4 is 0 Å². The fourth-order valence-electron chi connectivity index (χ4n) is 1.83. The van der Waals surface area contributed by atoms with Crippen molar-refractivity contribution in [3.8, 4) is 0 Å². The van der Waals surface area contributed by atoms with Gasteiger partial charge in [-0.05, 0) is 31.4 Å². The monoisotopic (exact) mass is 223 g/mol. The summed E-state index contributed by atoms with van der Waals surface area (Å²) in [5.74, 6) is 0.462. The van der Waals surface area contributed by atoms with Gasteiger partial charge in [0.15, 0.2) is 0 Å². The van der Waals surface area contributed by atoms with Crippen molar-refractivity contribution in [2.75, 3.05) is 13.1 Å². The summed E-state index contributed by atoms with van der Waals surface area (Å²) < 4.78 is 5.24. The topological polar surface area (TPSA) is 53.7 Å². The lowest BCUT2D eigenvalue weighted by atomic mass is 10.2. The molecule has 1 aliphatic rings. The molecule has 0 saturated heterocycles. The second kappa shape index (κ2) is 4.70. The molecule has 1 fully saturated rings. The highest BCUT2D eigenvalue weighted by molar-refractivity contribution is 5.88. The number of furan rings is 1. The van der Waals surface area contributed by atoms with Gasteiger partial charge in [0, 0.05) is 6.54 Å². The highest BCUT2D eigenvalue weighted by Crippen LogP contribution is 2.30. The Kier molecular flexibility index (Phi) is 3.29. The van der Waals surface area contributed by atoms with E-state index < -0.39 is 5.97 Å². The molecular formula is C12H17NO3. The summed E-state index contributed by atoms with van der Waals surface area (Å²) in [6.07, 6.45) is 4.06. The number of aromatic carboxylic acids is 1. The molecular weight excluding hydrogens is 206 g/mol. The van der Waals surface area contributed by atoms with Crippen LogP contribution in [0.3, 0.4) is 0 Å². The van der Waals surface area contributed by atoms with Gasteiger partial charge in [-0.25, -0.2) is 4.79 Å². The van der Waals surface area contributed by atoms with E-state index in [0.29, 0.717) is 12.3 Å². The first kappa shape index (κ1) is 11.2. The number of hydrogen-bond donors (Lipinski definition) is 1. The van der Waals surface area contributed by atoms with Gasteiger partial charge in [-0.1, -0.05) is 6.92 Å². The molecule has 4 heteroatoms. The summed E-state index contributed by atoms with van der Waals surface area (Å²) in [5, 5.41) is 8.96. The van der Waals surface area contributed by atoms with Gasteiger partial charge in [0.2, 0.25) is 0 Å². The molecule has 0 bridgehead atoms. The Hall–Kier alpha value is -1.29. The van der Waals surface area contributed by atoms with Crippen LogP contribution in [0.2, 0.25) is 0 Å². The fourth-order valence-corrected chi connectivity index (χ4v) is 1.83. The second-order valence-corrected chi connectivity index (χ2v) is 4.33. The molecule has 1 aromatic heterocycles. The summed E-state index contributed by atoms with van der Waals surface area (Å²) >= 11 is 0. The lowest BCUT2D eigenvalue weighted by molar-refractivity contribution is 0.0692. The van der Waals surface area contributed by atoms with Crippen molar-refractivity contribution < 1.29 is 14.3 Å². The van der Waals surface area contributed by atoms with Gasteiger partial charge >= 0.3 is 5.97 Å². The Bertz CT molecular complexity index is 368. The van der Waals surface area contributed by atoms with Crippen LogP contribution in [0.1, 0.15) is 35.9 Å². The van der Waals surface area contributed by atoms with E-state index in [0.717, 1.165) is 19.0 Å². The van der Waals surface area contributed by atoms with Crippen molar-refractivity contribution >= 4 is 5.97 Å². The zero-order chi connectivity index (χ0) is 11.5. The smallest absolute Gasteiger partial charge is 0.339 e. The van der Waals surface area contributed by atoms with Gasteiger partial charge < -0.3 is 9.52 Å². The first-order valence-electron chi connectivity index (χ1n) is 5.72. The van der Waals surface area contributed by atoms with Crippen molar-refractivity contribution in [2.24, 2.45) is 5.92 Å². The molecule has 0 radical (unpaired) electrons. The molecule has 16 heavy (non-hydrogen) atoms. The molecule has 4 nitrogen and oxygen atoms in total. The molecule has 1 aromatic rings. The molecule has 0 amide bonds. The molecule has 1 N–H and O–H groups in total. The van der Waals surface area contributed by atoms with Crippen LogP contribution in [-0.2, 0) is 6.54 Å². The fraction of sp³-hybridized carbons (Fsp3) is 0.583. The normalized spacial score (nSPS) is 15.6. The van der Waals surface area contributed by atoms with Crippen LogP contribution in [0.5, 0.6) is 0 Å². The molecule has 0 aromatic carbocycles. The predicted molar refractivity (Wildman–Crippen MR) is 59.3 cm³/mol.